The summed E-state index contributed by atoms with van der Waals surface area (Å²) in [6.45, 7) is 1.97. The lowest BCUT2D eigenvalue weighted by atomic mass is 10.2. The highest BCUT2D eigenvalue weighted by atomic mass is 16.1. The number of H-pyrrole nitrogens is 2. The van der Waals surface area contributed by atoms with Gasteiger partial charge in [0.15, 0.2) is 5.78 Å². The van der Waals surface area contributed by atoms with Gasteiger partial charge >= 0.3 is 5.69 Å². The van der Waals surface area contributed by atoms with Crippen LogP contribution in [0.4, 0.5) is 0 Å². The SMILES string of the molecule is Cc1[nH]c(=O)[nH]c1C(=O)CCN. The number of ketones is 1. The Morgan fingerprint density at radius 1 is 1.50 bits per heavy atom. The molecule has 0 amide bonds. The Labute approximate surface area is 69.0 Å². The van der Waals surface area contributed by atoms with Crippen LogP contribution < -0.4 is 11.4 Å². The second-order valence-electron chi connectivity index (χ2n) is 2.54. The van der Waals surface area contributed by atoms with E-state index in [1.165, 1.54) is 0 Å². The lowest BCUT2D eigenvalue weighted by Gasteiger charge is -1.94. The lowest BCUT2D eigenvalue weighted by molar-refractivity contribution is 0.0980. The normalized spacial score (nSPS) is 10.2. The molecule has 0 fully saturated rings. The minimum atomic E-state index is -0.354. The predicted molar refractivity (Wildman–Crippen MR) is 44.2 cm³/mol. The molecule has 0 spiro atoms. The molecule has 0 aliphatic heterocycles. The number of nitrogens with two attached hydrogens (primary N) is 1. The van der Waals surface area contributed by atoms with Crippen LogP contribution in [0.1, 0.15) is 22.6 Å². The maximum Gasteiger partial charge on any atom is 0.323 e. The van der Waals surface area contributed by atoms with E-state index in [-0.39, 0.29) is 17.9 Å². The number of hydrogen-bond donors (Lipinski definition) is 3. The second kappa shape index (κ2) is 3.36. The summed E-state index contributed by atoms with van der Waals surface area (Å²) in [6, 6.07) is 0. The number of aryl methyl sites for hydroxylation is 1. The average Bonchev–Trinajstić information content (AvgIpc) is 2.30. The van der Waals surface area contributed by atoms with Crippen molar-refractivity contribution in [3.8, 4) is 0 Å². The molecular formula is C7H11N3O2. The summed E-state index contributed by atoms with van der Waals surface area (Å²) in [4.78, 5) is 26.8. The highest BCUT2D eigenvalue weighted by Crippen LogP contribution is 2.00. The molecule has 1 aromatic heterocycles. The molecule has 12 heavy (non-hydrogen) atoms. The quantitative estimate of drug-likeness (QED) is 0.535. The van der Waals surface area contributed by atoms with Crippen LogP contribution in [0.25, 0.3) is 0 Å². The third-order valence-electron chi connectivity index (χ3n) is 1.56. The summed E-state index contributed by atoms with van der Waals surface area (Å²) in [5.41, 5.74) is 5.75. The van der Waals surface area contributed by atoms with Crippen LogP contribution >= 0.6 is 0 Å². The summed E-state index contributed by atoms with van der Waals surface area (Å²) in [6.07, 6.45) is 0.259. The van der Waals surface area contributed by atoms with Crippen molar-refractivity contribution < 1.29 is 4.79 Å². The number of rotatable bonds is 3. The second-order valence-corrected chi connectivity index (χ2v) is 2.54. The number of hydrogen-bond acceptors (Lipinski definition) is 3. The minimum absolute atomic E-state index is 0.131. The van der Waals surface area contributed by atoms with E-state index in [9.17, 15) is 9.59 Å². The third kappa shape index (κ3) is 1.62. The van der Waals surface area contributed by atoms with Crippen molar-refractivity contribution in [3.63, 3.8) is 0 Å². The molecule has 0 atom stereocenters. The van der Waals surface area contributed by atoms with Gasteiger partial charge in [-0.1, -0.05) is 0 Å². The number of aromatic nitrogens is 2. The molecule has 4 N–H and O–H groups in total. The fourth-order valence-electron chi connectivity index (χ4n) is 1.01. The molecule has 1 rings (SSSR count). The topological polar surface area (TPSA) is 91.7 Å². The monoisotopic (exact) mass is 169 g/mol. The molecule has 0 aromatic carbocycles. The van der Waals surface area contributed by atoms with Crippen molar-refractivity contribution in [2.24, 2.45) is 5.73 Å². The number of carbonyl (C=O) groups excluding carboxylic acids is 1. The zero-order valence-electron chi connectivity index (χ0n) is 6.81. The van der Waals surface area contributed by atoms with Gasteiger partial charge in [0.1, 0.15) is 5.69 Å². The van der Waals surface area contributed by atoms with Gasteiger partial charge in [0.05, 0.1) is 0 Å². The molecular weight excluding hydrogens is 158 g/mol. The fraction of sp³-hybridized carbons (Fsp3) is 0.429. The van der Waals surface area contributed by atoms with Gasteiger partial charge in [-0.2, -0.15) is 0 Å². The van der Waals surface area contributed by atoms with Crippen LogP contribution in [0.15, 0.2) is 4.79 Å². The van der Waals surface area contributed by atoms with E-state index < -0.39 is 0 Å². The first-order valence-electron chi connectivity index (χ1n) is 3.67. The number of nitrogens with one attached hydrogen (secondary N) is 2. The van der Waals surface area contributed by atoms with E-state index in [1.807, 2.05) is 0 Å². The molecule has 0 unspecified atom stereocenters. The van der Waals surface area contributed by atoms with E-state index in [4.69, 9.17) is 5.73 Å². The molecule has 0 aliphatic rings. The van der Waals surface area contributed by atoms with E-state index in [0.717, 1.165) is 0 Å². The van der Waals surface area contributed by atoms with E-state index in [0.29, 0.717) is 17.9 Å². The van der Waals surface area contributed by atoms with Gasteiger partial charge in [-0.25, -0.2) is 4.79 Å². The maximum atomic E-state index is 11.2. The Morgan fingerprint density at radius 2 is 2.17 bits per heavy atom. The van der Waals surface area contributed by atoms with Crippen molar-refractivity contribution in [1.82, 2.24) is 9.97 Å². The zero-order chi connectivity index (χ0) is 9.14. The summed E-state index contributed by atoms with van der Waals surface area (Å²) in [5, 5.41) is 0. The first-order chi connectivity index (χ1) is 5.65. The van der Waals surface area contributed by atoms with Gasteiger partial charge in [0, 0.05) is 12.1 Å². The fourth-order valence-corrected chi connectivity index (χ4v) is 1.01. The molecule has 1 aromatic rings. The molecule has 5 nitrogen and oxygen atoms in total. The molecule has 0 aliphatic carbocycles. The smallest absolute Gasteiger partial charge is 0.323 e. The van der Waals surface area contributed by atoms with Crippen molar-refractivity contribution in [3.05, 3.63) is 21.9 Å². The summed E-state index contributed by atoms with van der Waals surface area (Å²) >= 11 is 0. The largest absolute Gasteiger partial charge is 0.330 e. The Kier molecular flexibility index (Phi) is 2.44. The van der Waals surface area contributed by atoms with Crippen LogP contribution in [0.5, 0.6) is 0 Å². The Hall–Kier alpha value is -1.36. The number of aromatic amines is 2. The molecule has 0 saturated heterocycles. The van der Waals surface area contributed by atoms with Gasteiger partial charge in [-0.15, -0.1) is 0 Å². The lowest BCUT2D eigenvalue weighted by Crippen LogP contribution is -2.10. The minimum Gasteiger partial charge on any atom is -0.330 e. The molecule has 1 heterocycles. The summed E-state index contributed by atoms with van der Waals surface area (Å²) < 4.78 is 0. The number of imidazole rings is 1. The number of carbonyl (C=O) groups is 1. The van der Waals surface area contributed by atoms with Gasteiger partial charge < -0.3 is 15.7 Å². The zero-order valence-corrected chi connectivity index (χ0v) is 6.81. The molecule has 66 valence electrons. The number of Topliss-reactive ketones (excluding diaryl/α,β-unsaturated/α-hetero) is 1. The van der Waals surface area contributed by atoms with Crippen molar-refractivity contribution in [1.29, 1.82) is 0 Å². The predicted octanol–water partition coefficient (Wildman–Crippen LogP) is -0.457. The molecule has 0 saturated carbocycles. The van der Waals surface area contributed by atoms with Gasteiger partial charge in [-0.05, 0) is 13.5 Å². The maximum absolute atomic E-state index is 11.2. The summed E-state index contributed by atoms with van der Waals surface area (Å²) in [7, 11) is 0. The first kappa shape index (κ1) is 8.73. The van der Waals surface area contributed by atoms with Crippen LogP contribution in [0.3, 0.4) is 0 Å². The van der Waals surface area contributed by atoms with Crippen LogP contribution in [0, 0.1) is 6.92 Å². The van der Waals surface area contributed by atoms with E-state index in [2.05, 4.69) is 9.97 Å². The van der Waals surface area contributed by atoms with Crippen LogP contribution in [-0.2, 0) is 0 Å². The highest BCUT2D eigenvalue weighted by molar-refractivity contribution is 5.95. The average molecular weight is 169 g/mol. The molecule has 0 bridgehead atoms. The molecule has 0 radical (unpaired) electrons. The van der Waals surface area contributed by atoms with Gasteiger partial charge in [0.25, 0.3) is 0 Å². The Balaban J connectivity index is 2.94. The van der Waals surface area contributed by atoms with Crippen LogP contribution in [0.2, 0.25) is 0 Å². The van der Waals surface area contributed by atoms with E-state index >= 15 is 0 Å². The Bertz CT molecular complexity index is 337. The van der Waals surface area contributed by atoms with Gasteiger partial charge in [-0.3, -0.25) is 4.79 Å². The van der Waals surface area contributed by atoms with Crippen molar-refractivity contribution in [2.75, 3.05) is 6.54 Å². The van der Waals surface area contributed by atoms with Crippen molar-refractivity contribution >= 4 is 5.78 Å². The highest BCUT2D eigenvalue weighted by Gasteiger charge is 2.10. The van der Waals surface area contributed by atoms with Crippen LogP contribution in [-0.4, -0.2) is 22.3 Å². The standard InChI is InChI=1S/C7H11N3O2/c1-4-6(5(11)2-3-8)10-7(12)9-4/h2-3,8H2,1H3,(H2,9,10,12). The Morgan fingerprint density at radius 3 is 2.58 bits per heavy atom. The first-order valence-corrected chi connectivity index (χ1v) is 3.67. The third-order valence-corrected chi connectivity index (χ3v) is 1.56. The van der Waals surface area contributed by atoms with Gasteiger partial charge in [0.2, 0.25) is 0 Å². The van der Waals surface area contributed by atoms with E-state index in [1.54, 1.807) is 6.92 Å². The van der Waals surface area contributed by atoms with Crippen molar-refractivity contribution in [2.45, 2.75) is 13.3 Å². The molecule has 5 heteroatoms. The summed E-state index contributed by atoms with van der Waals surface area (Å²) in [5.74, 6) is -0.131.